The van der Waals surface area contributed by atoms with Crippen molar-refractivity contribution in [1.82, 2.24) is 10.2 Å². The fourth-order valence-electron chi connectivity index (χ4n) is 3.73. The smallest absolute Gasteiger partial charge is 0.234 e. The second-order valence-electron chi connectivity index (χ2n) is 8.10. The zero-order valence-electron chi connectivity index (χ0n) is 17.4. The Morgan fingerprint density at radius 2 is 1.93 bits per heavy atom. The minimum absolute atomic E-state index is 0.131. The maximum absolute atomic E-state index is 13.0. The standard InChI is InChI=1S/C23H28ClFN2O3/c1-16-10-20(11-17(2)22(16)24)30-15-23(29)8-3-9-27(14-23)13-21(28)26-12-18-4-6-19(25)7-5-18/h4-7,10-11,29H,3,8-9,12-15H2,1-2H3,(H,26,28). The Balaban J connectivity index is 1.49. The first-order valence-electron chi connectivity index (χ1n) is 10.1. The van der Waals surface area contributed by atoms with Crippen LogP contribution in [0, 0.1) is 19.7 Å². The fraction of sp³-hybridized carbons (Fsp3) is 0.435. The second-order valence-corrected chi connectivity index (χ2v) is 8.48. The van der Waals surface area contributed by atoms with Crippen LogP contribution in [-0.4, -0.2) is 47.8 Å². The first-order valence-corrected chi connectivity index (χ1v) is 10.5. The molecule has 2 aromatic rings. The molecule has 0 saturated carbocycles. The molecule has 2 N–H and O–H groups in total. The highest BCUT2D eigenvalue weighted by atomic mass is 35.5. The summed E-state index contributed by atoms with van der Waals surface area (Å²) in [5.41, 5.74) is 1.68. The number of aliphatic hydroxyl groups is 1. The molecule has 5 nitrogen and oxygen atoms in total. The molecule has 1 saturated heterocycles. The summed E-state index contributed by atoms with van der Waals surface area (Å²) in [4.78, 5) is 14.2. The minimum atomic E-state index is -1.02. The van der Waals surface area contributed by atoms with Crippen molar-refractivity contribution in [2.75, 3.05) is 26.2 Å². The molecular formula is C23H28ClFN2O3. The van der Waals surface area contributed by atoms with Gasteiger partial charge in [-0.05, 0) is 74.2 Å². The summed E-state index contributed by atoms with van der Waals surface area (Å²) < 4.78 is 18.8. The van der Waals surface area contributed by atoms with E-state index in [9.17, 15) is 14.3 Å². The van der Waals surface area contributed by atoms with E-state index in [4.69, 9.17) is 16.3 Å². The molecule has 7 heteroatoms. The average Bonchev–Trinajstić information content (AvgIpc) is 2.70. The lowest BCUT2D eigenvalue weighted by Crippen LogP contribution is -2.53. The average molecular weight is 435 g/mol. The van der Waals surface area contributed by atoms with Crippen molar-refractivity contribution in [3.8, 4) is 5.75 Å². The van der Waals surface area contributed by atoms with Crippen molar-refractivity contribution in [2.45, 2.75) is 38.8 Å². The van der Waals surface area contributed by atoms with Gasteiger partial charge in [0.05, 0.1) is 6.54 Å². The normalized spacial score (nSPS) is 19.5. The molecule has 3 rings (SSSR count). The number of nitrogens with one attached hydrogen (secondary N) is 1. The van der Waals surface area contributed by atoms with Gasteiger partial charge in [0.2, 0.25) is 5.91 Å². The predicted molar refractivity (Wildman–Crippen MR) is 115 cm³/mol. The topological polar surface area (TPSA) is 61.8 Å². The Labute approximate surface area is 181 Å². The van der Waals surface area contributed by atoms with Crippen LogP contribution < -0.4 is 10.1 Å². The number of β-amino-alcohol motifs (C(OH)–C–C–N with tert-alkyl or cyclic N) is 1. The molecule has 162 valence electrons. The minimum Gasteiger partial charge on any atom is -0.491 e. The lowest BCUT2D eigenvalue weighted by Gasteiger charge is -2.38. The first kappa shape index (κ1) is 22.5. The number of carbonyl (C=O) groups is 1. The molecule has 30 heavy (non-hydrogen) atoms. The molecule has 1 fully saturated rings. The number of hydrogen-bond acceptors (Lipinski definition) is 4. The van der Waals surface area contributed by atoms with Crippen molar-refractivity contribution in [2.24, 2.45) is 0 Å². The monoisotopic (exact) mass is 434 g/mol. The number of ether oxygens (including phenoxy) is 1. The number of benzene rings is 2. The number of carbonyl (C=O) groups excluding carboxylic acids is 1. The van der Waals surface area contributed by atoms with Crippen LogP contribution in [0.3, 0.4) is 0 Å². The summed E-state index contributed by atoms with van der Waals surface area (Å²) in [6, 6.07) is 9.76. The third-order valence-corrected chi connectivity index (χ3v) is 5.92. The van der Waals surface area contributed by atoms with Crippen LogP contribution in [0.4, 0.5) is 4.39 Å². The number of piperidine rings is 1. The Bertz CT molecular complexity index is 868. The van der Waals surface area contributed by atoms with E-state index in [1.807, 2.05) is 30.9 Å². The highest BCUT2D eigenvalue weighted by molar-refractivity contribution is 6.32. The van der Waals surface area contributed by atoms with Crippen LogP contribution in [0.15, 0.2) is 36.4 Å². The zero-order chi connectivity index (χ0) is 21.7. The van der Waals surface area contributed by atoms with E-state index in [0.29, 0.717) is 25.3 Å². The Morgan fingerprint density at radius 3 is 2.60 bits per heavy atom. The largest absolute Gasteiger partial charge is 0.491 e. The van der Waals surface area contributed by atoms with Gasteiger partial charge in [-0.1, -0.05) is 23.7 Å². The van der Waals surface area contributed by atoms with Crippen molar-refractivity contribution < 1.29 is 19.0 Å². The molecule has 0 spiro atoms. The number of halogens is 2. The van der Waals surface area contributed by atoms with E-state index >= 15 is 0 Å². The quantitative estimate of drug-likeness (QED) is 0.698. The van der Waals surface area contributed by atoms with Crippen molar-refractivity contribution in [3.05, 3.63) is 63.9 Å². The van der Waals surface area contributed by atoms with Crippen molar-refractivity contribution >= 4 is 17.5 Å². The van der Waals surface area contributed by atoms with Crippen LogP contribution in [0.5, 0.6) is 5.75 Å². The third-order valence-electron chi connectivity index (χ3n) is 5.32. The third kappa shape index (κ3) is 6.17. The lowest BCUT2D eigenvalue weighted by atomic mass is 9.93. The van der Waals surface area contributed by atoms with E-state index in [2.05, 4.69) is 5.32 Å². The molecule has 2 aromatic carbocycles. The highest BCUT2D eigenvalue weighted by Crippen LogP contribution is 2.28. The number of amides is 1. The summed E-state index contributed by atoms with van der Waals surface area (Å²) in [7, 11) is 0. The van der Waals surface area contributed by atoms with E-state index in [-0.39, 0.29) is 24.9 Å². The predicted octanol–water partition coefficient (Wildman–Crippen LogP) is 3.62. The SMILES string of the molecule is Cc1cc(OCC2(O)CCCN(CC(=O)NCc3ccc(F)cc3)C2)cc(C)c1Cl. The number of hydrogen-bond donors (Lipinski definition) is 2. The Hall–Kier alpha value is -2.15. The van der Waals surface area contributed by atoms with E-state index in [0.717, 1.165) is 34.7 Å². The maximum Gasteiger partial charge on any atom is 0.234 e. The van der Waals surface area contributed by atoms with Gasteiger partial charge in [0.1, 0.15) is 23.8 Å². The Kier molecular flexibility index (Phi) is 7.34. The van der Waals surface area contributed by atoms with Crippen LogP contribution >= 0.6 is 11.6 Å². The molecule has 0 radical (unpaired) electrons. The van der Waals surface area contributed by atoms with Gasteiger partial charge in [0.25, 0.3) is 0 Å². The molecule has 0 aliphatic carbocycles. The molecule has 0 bridgehead atoms. The maximum atomic E-state index is 13.0. The van der Waals surface area contributed by atoms with Gasteiger partial charge in [-0.3, -0.25) is 9.69 Å². The molecular weight excluding hydrogens is 407 g/mol. The van der Waals surface area contributed by atoms with E-state index in [1.165, 1.54) is 12.1 Å². The number of aryl methyl sites for hydroxylation is 2. The van der Waals surface area contributed by atoms with Gasteiger partial charge >= 0.3 is 0 Å². The molecule has 1 atom stereocenters. The van der Waals surface area contributed by atoms with Crippen LogP contribution in [0.1, 0.15) is 29.5 Å². The van der Waals surface area contributed by atoms with Crippen molar-refractivity contribution in [3.63, 3.8) is 0 Å². The number of rotatable bonds is 7. The molecule has 1 heterocycles. The van der Waals surface area contributed by atoms with Gasteiger partial charge in [0.15, 0.2) is 0 Å². The van der Waals surface area contributed by atoms with Crippen LogP contribution in [0.2, 0.25) is 5.02 Å². The lowest BCUT2D eigenvalue weighted by molar-refractivity contribution is -0.124. The molecule has 0 aromatic heterocycles. The number of nitrogens with zero attached hydrogens (tertiary/aromatic N) is 1. The van der Waals surface area contributed by atoms with Gasteiger partial charge in [-0.15, -0.1) is 0 Å². The van der Waals surface area contributed by atoms with Crippen molar-refractivity contribution in [1.29, 1.82) is 0 Å². The second kappa shape index (κ2) is 9.77. The molecule has 1 unspecified atom stereocenters. The van der Waals surface area contributed by atoms with Gasteiger partial charge in [-0.25, -0.2) is 4.39 Å². The van der Waals surface area contributed by atoms with E-state index < -0.39 is 5.60 Å². The molecule has 1 amide bonds. The summed E-state index contributed by atoms with van der Waals surface area (Å²) in [5, 5.41) is 14.5. The van der Waals surface area contributed by atoms with Gasteiger partial charge in [-0.2, -0.15) is 0 Å². The van der Waals surface area contributed by atoms with Crippen LogP contribution in [-0.2, 0) is 11.3 Å². The zero-order valence-corrected chi connectivity index (χ0v) is 18.1. The van der Waals surface area contributed by atoms with Gasteiger partial charge < -0.3 is 15.2 Å². The summed E-state index contributed by atoms with van der Waals surface area (Å²) >= 11 is 6.20. The van der Waals surface area contributed by atoms with E-state index in [1.54, 1.807) is 12.1 Å². The number of likely N-dealkylation sites (tertiary alicyclic amines) is 1. The molecule has 1 aliphatic heterocycles. The Morgan fingerprint density at radius 1 is 1.27 bits per heavy atom. The van der Waals surface area contributed by atoms with Crippen LogP contribution in [0.25, 0.3) is 0 Å². The summed E-state index contributed by atoms with van der Waals surface area (Å²) in [5.74, 6) is 0.245. The first-order chi connectivity index (χ1) is 14.2. The molecule has 1 aliphatic rings. The fourth-order valence-corrected chi connectivity index (χ4v) is 3.84. The van der Waals surface area contributed by atoms with Gasteiger partial charge in [0, 0.05) is 18.1 Å². The summed E-state index contributed by atoms with van der Waals surface area (Å²) in [6.45, 7) is 5.64. The summed E-state index contributed by atoms with van der Waals surface area (Å²) in [6.07, 6.45) is 1.40. The highest BCUT2D eigenvalue weighted by Gasteiger charge is 2.34.